The van der Waals surface area contributed by atoms with E-state index in [1.807, 2.05) is 12.1 Å². The summed E-state index contributed by atoms with van der Waals surface area (Å²) in [6.07, 6.45) is 3.36. The smallest absolute Gasteiger partial charge is 0.269 e. The van der Waals surface area contributed by atoms with Crippen molar-refractivity contribution >= 4 is 17.0 Å². The maximum absolute atomic E-state index is 12.8. The number of nitrogens with zero attached hydrogens (tertiary/aromatic N) is 4. The second-order valence-corrected chi connectivity index (χ2v) is 5.59. The minimum absolute atomic E-state index is 0.000558. The van der Waals surface area contributed by atoms with Crippen molar-refractivity contribution in [3.8, 4) is 11.4 Å². The SMILES string of the molecule is O=C(c1ccccn1)c1nc(-c2ccc([N+](=O)[O-])cc2)n2ccccc12. The zero-order valence-electron chi connectivity index (χ0n) is 13.4. The molecule has 0 unspecified atom stereocenters. The number of carbonyl (C=O) groups is 1. The Morgan fingerprint density at radius 1 is 1.00 bits per heavy atom. The van der Waals surface area contributed by atoms with Crippen LogP contribution in [0, 0.1) is 10.1 Å². The first-order valence-corrected chi connectivity index (χ1v) is 7.83. The van der Waals surface area contributed by atoms with Gasteiger partial charge >= 0.3 is 0 Å². The number of benzene rings is 1. The second-order valence-electron chi connectivity index (χ2n) is 5.59. The van der Waals surface area contributed by atoms with Gasteiger partial charge in [0.2, 0.25) is 5.78 Å². The summed E-state index contributed by atoms with van der Waals surface area (Å²) < 4.78 is 1.79. The van der Waals surface area contributed by atoms with Gasteiger partial charge in [-0.2, -0.15) is 0 Å². The number of non-ortho nitro benzene ring substituents is 1. The molecule has 3 aromatic heterocycles. The summed E-state index contributed by atoms with van der Waals surface area (Å²) in [6, 6.07) is 16.7. The molecule has 0 aliphatic heterocycles. The number of carbonyl (C=O) groups excluding carboxylic acids is 1. The van der Waals surface area contributed by atoms with Crippen LogP contribution in [0.25, 0.3) is 16.9 Å². The van der Waals surface area contributed by atoms with Gasteiger partial charge < -0.3 is 0 Å². The molecular weight excluding hydrogens is 332 g/mol. The molecule has 7 nitrogen and oxygen atoms in total. The molecule has 0 bridgehead atoms. The summed E-state index contributed by atoms with van der Waals surface area (Å²) in [6.45, 7) is 0. The second kappa shape index (κ2) is 6.21. The highest BCUT2D eigenvalue weighted by Gasteiger charge is 2.20. The first-order valence-electron chi connectivity index (χ1n) is 7.83. The van der Waals surface area contributed by atoms with Crippen LogP contribution < -0.4 is 0 Å². The van der Waals surface area contributed by atoms with Gasteiger partial charge in [-0.05, 0) is 36.4 Å². The predicted molar refractivity (Wildman–Crippen MR) is 95.0 cm³/mol. The third-order valence-corrected chi connectivity index (χ3v) is 4.00. The zero-order chi connectivity index (χ0) is 18.1. The van der Waals surface area contributed by atoms with Gasteiger partial charge in [-0.1, -0.05) is 12.1 Å². The van der Waals surface area contributed by atoms with Crippen LogP contribution in [0.15, 0.2) is 73.1 Å². The fourth-order valence-corrected chi connectivity index (χ4v) is 2.76. The summed E-state index contributed by atoms with van der Waals surface area (Å²) in [5.74, 6) is 0.261. The molecule has 0 saturated carbocycles. The van der Waals surface area contributed by atoms with Crippen LogP contribution in [0.3, 0.4) is 0 Å². The van der Waals surface area contributed by atoms with Crippen molar-refractivity contribution in [3.05, 3.63) is 94.6 Å². The van der Waals surface area contributed by atoms with Crippen molar-refractivity contribution in [1.29, 1.82) is 0 Å². The molecule has 0 amide bonds. The first kappa shape index (κ1) is 15.6. The lowest BCUT2D eigenvalue weighted by Gasteiger charge is -2.00. The Balaban J connectivity index is 1.87. The van der Waals surface area contributed by atoms with Gasteiger partial charge in [0, 0.05) is 30.1 Å². The van der Waals surface area contributed by atoms with Crippen molar-refractivity contribution in [1.82, 2.24) is 14.4 Å². The Bertz CT molecular complexity index is 1120. The van der Waals surface area contributed by atoms with E-state index in [2.05, 4.69) is 9.97 Å². The monoisotopic (exact) mass is 344 g/mol. The van der Waals surface area contributed by atoms with E-state index >= 15 is 0 Å². The van der Waals surface area contributed by atoms with E-state index in [0.717, 1.165) is 0 Å². The average molecular weight is 344 g/mol. The van der Waals surface area contributed by atoms with Crippen molar-refractivity contribution in [2.45, 2.75) is 0 Å². The molecule has 0 aliphatic rings. The van der Waals surface area contributed by atoms with Gasteiger partial charge in [-0.15, -0.1) is 0 Å². The van der Waals surface area contributed by atoms with Gasteiger partial charge in [0.15, 0.2) is 0 Å². The van der Waals surface area contributed by atoms with Gasteiger partial charge in [0.1, 0.15) is 17.2 Å². The summed E-state index contributed by atoms with van der Waals surface area (Å²) in [5.41, 5.74) is 1.93. The maximum atomic E-state index is 12.8. The van der Waals surface area contributed by atoms with Crippen molar-refractivity contribution in [3.63, 3.8) is 0 Å². The molecule has 0 atom stereocenters. The summed E-state index contributed by atoms with van der Waals surface area (Å²) >= 11 is 0. The third kappa shape index (κ3) is 2.61. The Hall–Kier alpha value is -3.87. The molecular formula is C19H12N4O3. The summed E-state index contributed by atoms with van der Waals surface area (Å²) in [5, 5.41) is 10.8. The maximum Gasteiger partial charge on any atom is 0.269 e. The van der Waals surface area contributed by atoms with Crippen molar-refractivity contribution in [2.75, 3.05) is 0 Å². The van der Waals surface area contributed by atoms with Crippen LogP contribution in [-0.4, -0.2) is 25.1 Å². The summed E-state index contributed by atoms with van der Waals surface area (Å²) in [7, 11) is 0. The lowest BCUT2D eigenvalue weighted by molar-refractivity contribution is -0.384. The van der Waals surface area contributed by atoms with Gasteiger partial charge in [0.05, 0.1) is 10.4 Å². The summed E-state index contributed by atoms with van der Waals surface area (Å²) in [4.78, 5) is 31.8. The van der Waals surface area contributed by atoms with E-state index in [1.165, 1.54) is 12.1 Å². The number of pyridine rings is 2. The van der Waals surface area contributed by atoms with Gasteiger partial charge in [0.25, 0.3) is 5.69 Å². The molecule has 1 aromatic carbocycles. The molecule has 26 heavy (non-hydrogen) atoms. The number of nitro benzene ring substituents is 1. The molecule has 0 saturated heterocycles. The molecule has 0 aliphatic carbocycles. The Morgan fingerprint density at radius 3 is 2.46 bits per heavy atom. The van der Waals surface area contributed by atoms with Crippen LogP contribution in [0.5, 0.6) is 0 Å². The molecule has 126 valence electrons. The highest BCUT2D eigenvalue weighted by Crippen LogP contribution is 2.25. The van der Waals surface area contributed by atoms with Crippen LogP contribution in [-0.2, 0) is 0 Å². The van der Waals surface area contributed by atoms with E-state index in [1.54, 1.807) is 53.2 Å². The number of hydrogen-bond acceptors (Lipinski definition) is 5. The average Bonchev–Trinajstić information content (AvgIpc) is 3.08. The fourth-order valence-electron chi connectivity index (χ4n) is 2.76. The fraction of sp³-hybridized carbons (Fsp3) is 0. The predicted octanol–water partition coefficient (Wildman–Crippen LogP) is 3.54. The van der Waals surface area contributed by atoms with E-state index in [9.17, 15) is 14.9 Å². The van der Waals surface area contributed by atoms with Crippen LogP contribution >= 0.6 is 0 Å². The molecule has 4 rings (SSSR count). The van der Waals surface area contributed by atoms with Gasteiger partial charge in [-0.3, -0.25) is 24.3 Å². The van der Waals surface area contributed by atoms with E-state index in [-0.39, 0.29) is 17.2 Å². The largest absolute Gasteiger partial charge is 0.299 e. The molecule has 0 spiro atoms. The number of fused-ring (bicyclic) bond motifs is 1. The molecule has 0 radical (unpaired) electrons. The third-order valence-electron chi connectivity index (χ3n) is 4.00. The van der Waals surface area contributed by atoms with E-state index < -0.39 is 4.92 Å². The van der Waals surface area contributed by atoms with Crippen LogP contribution in [0.2, 0.25) is 0 Å². The normalized spacial score (nSPS) is 10.8. The highest BCUT2D eigenvalue weighted by molar-refractivity contribution is 6.11. The first-order chi connectivity index (χ1) is 12.6. The van der Waals surface area contributed by atoms with E-state index in [4.69, 9.17) is 0 Å². The number of ketones is 1. The Kier molecular flexibility index (Phi) is 3.74. The van der Waals surface area contributed by atoms with Crippen LogP contribution in [0.4, 0.5) is 5.69 Å². The minimum atomic E-state index is -0.455. The molecule has 3 heterocycles. The van der Waals surface area contributed by atoms with Crippen LogP contribution in [0.1, 0.15) is 16.2 Å². The Morgan fingerprint density at radius 2 is 1.77 bits per heavy atom. The highest BCUT2D eigenvalue weighted by atomic mass is 16.6. The lowest BCUT2D eigenvalue weighted by atomic mass is 10.2. The molecule has 4 aromatic rings. The number of hydrogen-bond donors (Lipinski definition) is 0. The molecule has 7 heteroatoms. The molecule has 0 fully saturated rings. The zero-order valence-corrected chi connectivity index (χ0v) is 13.4. The van der Waals surface area contributed by atoms with Crippen molar-refractivity contribution < 1.29 is 9.72 Å². The standard InChI is InChI=1S/C19H12N4O3/c24-18(15-5-1-3-11-20-15)17-16-6-2-4-12-22(16)19(21-17)13-7-9-14(10-8-13)23(25)26/h1-12H. The molecule has 0 N–H and O–H groups in total. The lowest BCUT2D eigenvalue weighted by Crippen LogP contribution is -2.04. The quantitative estimate of drug-likeness (QED) is 0.321. The van der Waals surface area contributed by atoms with Crippen molar-refractivity contribution in [2.24, 2.45) is 0 Å². The Labute approximate surface area is 147 Å². The number of rotatable bonds is 4. The van der Waals surface area contributed by atoms with Gasteiger partial charge in [-0.25, -0.2) is 4.98 Å². The van der Waals surface area contributed by atoms with E-state index in [0.29, 0.717) is 22.6 Å². The minimum Gasteiger partial charge on any atom is -0.299 e. The number of nitro groups is 1. The number of aromatic nitrogens is 3. The number of imidazole rings is 1. The topological polar surface area (TPSA) is 90.4 Å².